The van der Waals surface area contributed by atoms with Crippen LogP contribution in [-0.2, 0) is 6.54 Å². The molecule has 0 unspecified atom stereocenters. The molecule has 0 fully saturated rings. The van der Waals surface area contributed by atoms with Gasteiger partial charge < -0.3 is 26.2 Å². The number of hydrogen-bond donors (Lipinski definition) is 5. The molecule has 1 heterocycles. The number of ketones is 1. The average molecular weight is 409 g/mol. The van der Waals surface area contributed by atoms with Crippen molar-refractivity contribution in [3.05, 3.63) is 47.5 Å². The Morgan fingerprint density at radius 2 is 1.60 bits per heavy atom. The molecule has 30 heavy (non-hydrogen) atoms. The second-order valence-electron chi connectivity index (χ2n) is 7.20. The van der Waals surface area contributed by atoms with Gasteiger partial charge in [-0.05, 0) is 12.1 Å². The van der Waals surface area contributed by atoms with Gasteiger partial charge >= 0.3 is 0 Å². The number of nitrogens with one attached hydrogen (secondary N) is 3. The van der Waals surface area contributed by atoms with Crippen molar-refractivity contribution in [1.29, 1.82) is 0 Å². The van der Waals surface area contributed by atoms with Crippen LogP contribution in [0.2, 0.25) is 0 Å². The predicted octanol–water partition coefficient (Wildman–Crippen LogP) is 0.823. The zero-order chi connectivity index (χ0) is 20.9. The van der Waals surface area contributed by atoms with E-state index in [1.807, 2.05) is 41.1 Å². The summed E-state index contributed by atoms with van der Waals surface area (Å²) < 4.78 is 1.93. The number of aliphatic hydroxyl groups is 2. The highest BCUT2D eigenvalue weighted by Crippen LogP contribution is 2.41. The minimum absolute atomic E-state index is 0.00692. The molecule has 3 aromatic rings. The van der Waals surface area contributed by atoms with E-state index in [4.69, 9.17) is 15.3 Å². The van der Waals surface area contributed by atoms with Gasteiger partial charge in [-0.25, -0.2) is 0 Å². The van der Waals surface area contributed by atoms with Gasteiger partial charge in [0.05, 0.1) is 30.8 Å². The van der Waals surface area contributed by atoms with Gasteiger partial charge in [-0.3, -0.25) is 9.48 Å². The van der Waals surface area contributed by atoms with Crippen molar-refractivity contribution in [2.75, 3.05) is 51.3 Å². The Hall–Kier alpha value is -2.78. The van der Waals surface area contributed by atoms with Gasteiger partial charge in [0.15, 0.2) is 5.78 Å². The molecule has 0 aliphatic heterocycles. The van der Waals surface area contributed by atoms with Gasteiger partial charge in [-0.1, -0.05) is 24.3 Å². The normalized spacial score (nSPS) is 12.4. The number of aromatic nitrogens is 2. The van der Waals surface area contributed by atoms with Crippen LogP contribution in [0.5, 0.6) is 0 Å². The van der Waals surface area contributed by atoms with Crippen LogP contribution in [0.25, 0.3) is 22.2 Å². The quantitative estimate of drug-likeness (QED) is 0.233. The zero-order valence-electron chi connectivity index (χ0n) is 16.8. The first-order chi connectivity index (χ1) is 14.8. The Morgan fingerprint density at radius 3 is 2.40 bits per heavy atom. The first-order valence-corrected chi connectivity index (χ1v) is 10.3. The third-order valence-electron chi connectivity index (χ3n) is 5.26. The lowest BCUT2D eigenvalue weighted by Gasteiger charge is -2.19. The van der Waals surface area contributed by atoms with Crippen molar-refractivity contribution >= 4 is 22.4 Å². The van der Waals surface area contributed by atoms with E-state index in [1.165, 1.54) is 0 Å². The number of carbonyl (C=O) groups is 1. The molecule has 0 saturated heterocycles. The highest BCUT2D eigenvalue weighted by atomic mass is 16.3. The molecule has 1 aliphatic rings. The van der Waals surface area contributed by atoms with Crippen LogP contribution < -0.4 is 16.0 Å². The van der Waals surface area contributed by atoms with Crippen LogP contribution in [0.4, 0.5) is 5.69 Å². The average Bonchev–Trinajstić information content (AvgIpc) is 3.14. The summed E-state index contributed by atoms with van der Waals surface area (Å²) >= 11 is 0. The molecule has 4 rings (SSSR count). The maximum atomic E-state index is 13.4. The van der Waals surface area contributed by atoms with E-state index in [2.05, 4.69) is 16.0 Å². The van der Waals surface area contributed by atoms with Crippen molar-refractivity contribution in [2.24, 2.45) is 0 Å². The Bertz CT molecular complexity index is 1050. The maximum Gasteiger partial charge on any atom is 0.196 e. The van der Waals surface area contributed by atoms with Gasteiger partial charge in [-0.15, -0.1) is 0 Å². The fourth-order valence-corrected chi connectivity index (χ4v) is 3.93. The second-order valence-corrected chi connectivity index (χ2v) is 7.20. The van der Waals surface area contributed by atoms with Gasteiger partial charge in [-0.2, -0.15) is 5.10 Å². The summed E-state index contributed by atoms with van der Waals surface area (Å²) in [4.78, 5) is 13.4. The van der Waals surface area contributed by atoms with Crippen LogP contribution >= 0.6 is 0 Å². The Morgan fingerprint density at radius 1 is 0.867 bits per heavy atom. The van der Waals surface area contributed by atoms with Crippen molar-refractivity contribution in [1.82, 2.24) is 20.4 Å². The minimum Gasteiger partial charge on any atom is -0.395 e. The Balaban J connectivity index is 1.67. The summed E-state index contributed by atoms with van der Waals surface area (Å²) in [5.74, 6) is 0.00692. The second kappa shape index (κ2) is 9.36. The fraction of sp³-hybridized carbons (Fsp3) is 0.364. The van der Waals surface area contributed by atoms with E-state index in [0.29, 0.717) is 50.4 Å². The Labute approximate surface area is 174 Å². The molecule has 8 nitrogen and oxygen atoms in total. The van der Waals surface area contributed by atoms with Gasteiger partial charge in [0.2, 0.25) is 0 Å². The molecular formula is C22H27N5O3. The lowest BCUT2D eigenvalue weighted by Crippen LogP contribution is -2.25. The lowest BCUT2D eigenvalue weighted by atomic mass is 9.86. The van der Waals surface area contributed by atoms with Gasteiger partial charge in [0, 0.05) is 54.9 Å². The molecule has 5 N–H and O–H groups in total. The van der Waals surface area contributed by atoms with Crippen molar-refractivity contribution < 1.29 is 15.0 Å². The molecule has 0 bridgehead atoms. The fourth-order valence-electron chi connectivity index (χ4n) is 3.93. The highest BCUT2D eigenvalue weighted by Gasteiger charge is 2.30. The molecule has 8 heteroatoms. The zero-order valence-corrected chi connectivity index (χ0v) is 16.8. The number of rotatable bonds is 11. The molecular weight excluding hydrogens is 382 g/mol. The van der Waals surface area contributed by atoms with E-state index < -0.39 is 0 Å². The van der Waals surface area contributed by atoms with Crippen molar-refractivity contribution in [2.45, 2.75) is 6.54 Å². The van der Waals surface area contributed by atoms with Crippen LogP contribution in [0.1, 0.15) is 15.9 Å². The lowest BCUT2D eigenvalue weighted by molar-refractivity contribution is 0.104. The van der Waals surface area contributed by atoms with Gasteiger partial charge in [0.1, 0.15) is 5.69 Å². The first-order valence-electron chi connectivity index (χ1n) is 10.3. The van der Waals surface area contributed by atoms with E-state index in [-0.39, 0.29) is 19.0 Å². The molecule has 0 amide bonds. The summed E-state index contributed by atoms with van der Waals surface area (Å²) in [7, 11) is 0. The van der Waals surface area contributed by atoms with E-state index in [9.17, 15) is 4.79 Å². The molecule has 0 saturated carbocycles. The summed E-state index contributed by atoms with van der Waals surface area (Å²) in [5.41, 5.74) is 4.75. The predicted molar refractivity (Wildman–Crippen MR) is 117 cm³/mol. The number of nitrogens with zero attached hydrogens (tertiary/aromatic N) is 2. The molecule has 1 aromatic heterocycles. The summed E-state index contributed by atoms with van der Waals surface area (Å²) in [6.45, 7) is 3.96. The Kier molecular flexibility index (Phi) is 6.39. The summed E-state index contributed by atoms with van der Waals surface area (Å²) in [6, 6.07) is 11.6. The molecule has 0 atom stereocenters. The minimum atomic E-state index is 0.00692. The SMILES string of the molecule is O=C1c2c(NCCNCCO)cccc2-c2nn(CCNCCO)c3cccc1c23. The van der Waals surface area contributed by atoms with Crippen LogP contribution in [-0.4, -0.2) is 71.7 Å². The van der Waals surface area contributed by atoms with Gasteiger partial charge in [0.25, 0.3) is 0 Å². The molecule has 0 radical (unpaired) electrons. The number of anilines is 1. The van der Waals surface area contributed by atoms with Crippen LogP contribution in [0.3, 0.4) is 0 Å². The standard InChI is InChI=1S/C22H27N5O3/c28-13-10-23-7-8-25-17-5-1-3-15-19(17)22(30)16-4-2-6-18-20(16)21(15)26-27(18)12-9-24-11-14-29/h1-6,23-25,28-29H,7-14H2. The third kappa shape index (κ3) is 3.82. The van der Waals surface area contributed by atoms with E-state index in [0.717, 1.165) is 27.8 Å². The molecule has 0 spiro atoms. The van der Waals surface area contributed by atoms with Crippen LogP contribution in [0, 0.1) is 0 Å². The largest absolute Gasteiger partial charge is 0.395 e. The number of carbonyl (C=O) groups excluding carboxylic acids is 1. The molecule has 1 aliphatic carbocycles. The smallest absolute Gasteiger partial charge is 0.196 e. The summed E-state index contributed by atoms with van der Waals surface area (Å²) in [6.07, 6.45) is 0. The monoisotopic (exact) mass is 409 g/mol. The molecule has 158 valence electrons. The third-order valence-corrected chi connectivity index (χ3v) is 5.26. The molecule has 2 aromatic carbocycles. The summed E-state index contributed by atoms with van der Waals surface area (Å²) in [5, 5.41) is 33.2. The highest BCUT2D eigenvalue weighted by molar-refractivity contribution is 6.27. The van der Waals surface area contributed by atoms with Crippen molar-refractivity contribution in [3.8, 4) is 11.3 Å². The number of benzene rings is 2. The van der Waals surface area contributed by atoms with Crippen molar-refractivity contribution in [3.63, 3.8) is 0 Å². The van der Waals surface area contributed by atoms with Crippen LogP contribution in [0.15, 0.2) is 36.4 Å². The number of fused-ring (bicyclic) bond motifs is 2. The van der Waals surface area contributed by atoms with E-state index >= 15 is 0 Å². The number of hydrogen-bond acceptors (Lipinski definition) is 7. The van der Waals surface area contributed by atoms with E-state index in [1.54, 1.807) is 0 Å². The first kappa shape index (κ1) is 20.5. The number of aliphatic hydroxyl groups excluding tert-OH is 2. The topological polar surface area (TPSA) is 111 Å². The maximum absolute atomic E-state index is 13.4.